The van der Waals surface area contributed by atoms with E-state index in [-0.39, 0.29) is 11.5 Å². The van der Waals surface area contributed by atoms with Gasteiger partial charge >= 0.3 is 6.09 Å². The summed E-state index contributed by atoms with van der Waals surface area (Å²) in [6, 6.07) is 8.49. The number of carbonyl (C=O) groups excluding carboxylic acids is 2. The van der Waals surface area contributed by atoms with E-state index in [1.54, 1.807) is 71.6 Å². The third kappa shape index (κ3) is 3.51. The number of ether oxygens (including phenoxy) is 4. The molecule has 0 saturated heterocycles. The largest absolute Gasteiger partial charge is 0.493 e. The SMILES string of the molecule is COc1ccc(/C=C2\Oc3c(ccc(OC(=O)N(C)C)c3C)C2=O)cc1OC. The zero-order valence-corrected chi connectivity index (χ0v) is 16.4. The fraction of sp³-hybridized carbons (Fsp3) is 0.238. The maximum absolute atomic E-state index is 12.7. The van der Waals surface area contributed by atoms with E-state index in [9.17, 15) is 9.59 Å². The number of methoxy groups -OCH3 is 2. The monoisotopic (exact) mass is 383 g/mol. The highest BCUT2D eigenvalue weighted by atomic mass is 16.6. The molecule has 2 aromatic carbocycles. The molecule has 1 aliphatic heterocycles. The number of hydrogen-bond donors (Lipinski definition) is 0. The highest BCUT2D eigenvalue weighted by molar-refractivity contribution is 6.15. The number of hydrogen-bond acceptors (Lipinski definition) is 6. The van der Waals surface area contributed by atoms with Crippen LogP contribution in [0.3, 0.4) is 0 Å². The molecule has 0 atom stereocenters. The molecule has 1 amide bonds. The van der Waals surface area contributed by atoms with Gasteiger partial charge < -0.3 is 23.8 Å². The van der Waals surface area contributed by atoms with Gasteiger partial charge in [0.1, 0.15) is 11.5 Å². The molecule has 0 spiro atoms. The van der Waals surface area contributed by atoms with Crippen LogP contribution in [0.2, 0.25) is 0 Å². The molecule has 7 nitrogen and oxygen atoms in total. The summed E-state index contributed by atoms with van der Waals surface area (Å²) in [6.45, 7) is 1.74. The van der Waals surface area contributed by atoms with Crippen LogP contribution in [0.25, 0.3) is 6.08 Å². The molecule has 0 N–H and O–H groups in total. The summed E-state index contributed by atoms with van der Waals surface area (Å²) >= 11 is 0. The third-order valence-electron chi connectivity index (χ3n) is 4.30. The Kier molecular flexibility index (Phi) is 5.26. The van der Waals surface area contributed by atoms with E-state index in [4.69, 9.17) is 18.9 Å². The van der Waals surface area contributed by atoms with Crippen molar-refractivity contribution < 1.29 is 28.5 Å². The smallest absolute Gasteiger partial charge is 0.414 e. The summed E-state index contributed by atoms with van der Waals surface area (Å²) in [6.07, 6.45) is 1.13. The lowest BCUT2D eigenvalue weighted by Gasteiger charge is -2.13. The van der Waals surface area contributed by atoms with Crippen molar-refractivity contribution in [3.8, 4) is 23.0 Å². The van der Waals surface area contributed by atoms with Crippen LogP contribution < -0.4 is 18.9 Å². The fourth-order valence-corrected chi connectivity index (χ4v) is 2.76. The minimum absolute atomic E-state index is 0.182. The van der Waals surface area contributed by atoms with Gasteiger partial charge in [0, 0.05) is 19.7 Å². The number of carbonyl (C=O) groups is 2. The second-order valence-electron chi connectivity index (χ2n) is 6.38. The fourth-order valence-electron chi connectivity index (χ4n) is 2.76. The molecule has 0 saturated carbocycles. The van der Waals surface area contributed by atoms with Crippen molar-refractivity contribution >= 4 is 18.0 Å². The molecule has 0 aliphatic carbocycles. The van der Waals surface area contributed by atoms with Crippen LogP contribution in [0, 0.1) is 6.92 Å². The Balaban J connectivity index is 1.92. The third-order valence-corrected chi connectivity index (χ3v) is 4.30. The van der Waals surface area contributed by atoms with E-state index in [1.165, 1.54) is 4.90 Å². The second kappa shape index (κ2) is 7.64. The highest BCUT2D eigenvalue weighted by Crippen LogP contribution is 2.39. The van der Waals surface area contributed by atoms with Gasteiger partial charge in [0.05, 0.1) is 19.8 Å². The van der Waals surface area contributed by atoms with Gasteiger partial charge in [-0.3, -0.25) is 4.79 Å². The van der Waals surface area contributed by atoms with E-state index >= 15 is 0 Å². The number of amides is 1. The molecule has 0 unspecified atom stereocenters. The maximum Gasteiger partial charge on any atom is 0.414 e. The molecule has 0 fully saturated rings. The van der Waals surface area contributed by atoms with Gasteiger partial charge in [-0.15, -0.1) is 0 Å². The van der Waals surface area contributed by atoms with Crippen molar-refractivity contribution in [2.24, 2.45) is 0 Å². The molecule has 146 valence electrons. The van der Waals surface area contributed by atoms with Crippen LogP contribution in [0.5, 0.6) is 23.0 Å². The molecule has 0 bridgehead atoms. The molecule has 0 radical (unpaired) electrons. The summed E-state index contributed by atoms with van der Waals surface area (Å²) in [5, 5.41) is 0. The van der Waals surface area contributed by atoms with Crippen LogP contribution in [0.15, 0.2) is 36.1 Å². The molecule has 0 aromatic heterocycles. The van der Waals surface area contributed by atoms with Gasteiger partial charge in [-0.25, -0.2) is 4.79 Å². The van der Waals surface area contributed by atoms with Crippen molar-refractivity contribution in [3.05, 3.63) is 52.8 Å². The predicted octanol–water partition coefficient (Wildman–Crippen LogP) is 3.69. The Morgan fingerprint density at radius 1 is 1.04 bits per heavy atom. The van der Waals surface area contributed by atoms with Crippen molar-refractivity contribution in [1.29, 1.82) is 0 Å². The molecule has 1 heterocycles. The Morgan fingerprint density at radius 2 is 1.71 bits per heavy atom. The number of allylic oxidation sites excluding steroid dienone is 1. The highest BCUT2D eigenvalue weighted by Gasteiger charge is 2.30. The summed E-state index contributed by atoms with van der Waals surface area (Å²) < 4.78 is 21.6. The quantitative estimate of drug-likeness (QED) is 0.750. The van der Waals surface area contributed by atoms with Crippen LogP contribution in [-0.2, 0) is 0 Å². The summed E-state index contributed by atoms with van der Waals surface area (Å²) in [5.41, 5.74) is 1.73. The second-order valence-corrected chi connectivity index (χ2v) is 6.38. The first-order valence-electron chi connectivity index (χ1n) is 8.54. The zero-order chi connectivity index (χ0) is 20.4. The number of benzene rings is 2. The molecule has 28 heavy (non-hydrogen) atoms. The van der Waals surface area contributed by atoms with E-state index in [2.05, 4.69) is 0 Å². The normalized spacial score (nSPS) is 13.8. The molecule has 1 aliphatic rings. The van der Waals surface area contributed by atoms with Gasteiger partial charge in [-0.05, 0) is 42.8 Å². The first kappa shape index (κ1) is 19.3. The van der Waals surface area contributed by atoms with Crippen molar-refractivity contribution in [2.45, 2.75) is 6.92 Å². The number of rotatable bonds is 4. The zero-order valence-electron chi connectivity index (χ0n) is 16.4. The predicted molar refractivity (Wildman–Crippen MR) is 103 cm³/mol. The molecular weight excluding hydrogens is 362 g/mol. The Morgan fingerprint density at radius 3 is 2.36 bits per heavy atom. The summed E-state index contributed by atoms with van der Waals surface area (Å²) in [7, 11) is 6.28. The number of Topliss-reactive ketones (excluding diaryl/α,β-unsaturated/α-hetero) is 1. The maximum atomic E-state index is 12.7. The first-order chi connectivity index (χ1) is 13.3. The topological polar surface area (TPSA) is 74.3 Å². The summed E-state index contributed by atoms with van der Waals surface area (Å²) in [4.78, 5) is 25.8. The van der Waals surface area contributed by atoms with Gasteiger partial charge in [-0.1, -0.05) is 6.07 Å². The van der Waals surface area contributed by atoms with Gasteiger partial charge in [0.2, 0.25) is 5.78 Å². The van der Waals surface area contributed by atoms with Crippen molar-refractivity contribution in [1.82, 2.24) is 4.90 Å². The van der Waals surface area contributed by atoms with Crippen molar-refractivity contribution in [3.63, 3.8) is 0 Å². The standard InChI is InChI=1S/C21H21NO6/c1-12-15(28-21(24)22(2)3)9-7-14-19(23)18(27-20(12)14)11-13-6-8-16(25-4)17(10-13)26-5/h6-11H,1-5H3/b18-11-. The van der Waals surface area contributed by atoms with Gasteiger partial charge in [-0.2, -0.15) is 0 Å². The minimum Gasteiger partial charge on any atom is -0.493 e. The minimum atomic E-state index is -0.506. The molecule has 3 rings (SSSR count). The lowest BCUT2D eigenvalue weighted by atomic mass is 10.1. The Labute approximate surface area is 163 Å². The van der Waals surface area contributed by atoms with E-state index in [0.29, 0.717) is 34.1 Å². The molecular formula is C21H21NO6. The van der Waals surface area contributed by atoms with E-state index < -0.39 is 6.09 Å². The lowest BCUT2D eigenvalue weighted by molar-refractivity contribution is 0.101. The lowest BCUT2D eigenvalue weighted by Crippen LogP contribution is -2.25. The first-order valence-corrected chi connectivity index (χ1v) is 8.54. The average Bonchev–Trinajstić information content (AvgIpc) is 3.00. The average molecular weight is 383 g/mol. The van der Waals surface area contributed by atoms with Crippen LogP contribution in [0.1, 0.15) is 21.5 Å². The molecule has 2 aromatic rings. The van der Waals surface area contributed by atoms with E-state index in [1.807, 2.05) is 0 Å². The summed E-state index contributed by atoms with van der Waals surface area (Å²) in [5.74, 6) is 1.82. The van der Waals surface area contributed by atoms with Crippen LogP contribution in [0.4, 0.5) is 4.79 Å². The van der Waals surface area contributed by atoms with E-state index in [0.717, 1.165) is 5.56 Å². The van der Waals surface area contributed by atoms with Gasteiger partial charge in [0.25, 0.3) is 0 Å². The number of nitrogens with zero attached hydrogens (tertiary/aromatic N) is 1. The van der Waals surface area contributed by atoms with Crippen LogP contribution >= 0.6 is 0 Å². The molecule has 7 heteroatoms. The Bertz CT molecular complexity index is 977. The van der Waals surface area contributed by atoms with Crippen molar-refractivity contribution in [2.75, 3.05) is 28.3 Å². The number of fused-ring (bicyclic) bond motifs is 1. The Hall–Kier alpha value is -3.48. The van der Waals surface area contributed by atoms with Crippen LogP contribution in [-0.4, -0.2) is 45.1 Å². The number of ketones is 1. The van der Waals surface area contributed by atoms with Gasteiger partial charge in [0.15, 0.2) is 17.3 Å².